The van der Waals surface area contributed by atoms with Crippen molar-refractivity contribution in [3.8, 4) is 5.75 Å². The van der Waals surface area contributed by atoms with Gasteiger partial charge >= 0.3 is 0 Å². The van der Waals surface area contributed by atoms with E-state index in [1.54, 1.807) is 7.11 Å². The van der Waals surface area contributed by atoms with Gasteiger partial charge < -0.3 is 15.0 Å². The first-order valence-corrected chi connectivity index (χ1v) is 6.28. The molecule has 1 aromatic carbocycles. The molecule has 1 saturated carbocycles. The molecular weight excluding hydrogens is 212 g/mol. The van der Waals surface area contributed by atoms with Crippen molar-refractivity contribution in [3.05, 3.63) is 24.4 Å². The minimum Gasteiger partial charge on any atom is -0.497 e. The molecule has 3 rings (SSSR count). The Labute approximate surface area is 101 Å². The Bertz CT molecular complexity index is 512. The zero-order valence-corrected chi connectivity index (χ0v) is 10.1. The lowest BCUT2D eigenvalue weighted by atomic mass is 10.2. The van der Waals surface area contributed by atoms with Gasteiger partial charge in [0.15, 0.2) is 0 Å². The maximum absolute atomic E-state index is 5.34. The topological polar surface area (TPSA) is 37.0 Å². The molecule has 0 radical (unpaired) electrons. The number of rotatable bonds is 3. The number of anilines is 1. The molecule has 1 heterocycles. The van der Waals surface area contributed by atoms with E-state index in [2.05, 4.69) is 28.5 Å². The van der Waals surface area contributed by atoms with Crippen LogP contribution in [0, 0.1) is 0 Å². The minimum atomic E-state index is 0.619. The average Bonchev–Trinajstić information content (AvgIpc) is 2.98. The normalized spacial score (nSPS) is 16.5. The van der Waals surface area contributed by atoms with Crippen LogP contribution in [0.15, 0.2) is 24.4 Å². The van der Waals surface area contributed by atoms with Crippen molar-refractivity contribution in [2.45, 2.75) is 31.7 Å². The summed E-state index contributed by atoms with van der Waals surface area (Å²) in [4.78, 5) is 3.30. The number of aromatic nitrogens is 1. The third kappa shape index (κ3) is 1.97. The van der Waals surface area contributed by atoms with Crippen molar-refractivity contribution in [2.75, 3.05) is 12.4 Å². The first kappa shape index (κ1) is 10.5. The molecule has 0 aliphatic heterocycles. The predicted octanol–water partition coefficient (Wildman–Crippen LogP) is 3.53. The standard InChI is InChI=1S/C14H18N2O/c1-17-12-8-10-6-7-15-14(10)13(9-12)16-11-4-2-3-5-11/h6-9,11,15-16H,2-5H2,1H3. The Hall–Kier alpha value is -1.64. The van der Waals surface area contributed by atoms with Crippen LogP contribution in [-0.2, 0) is 0 Å². The maximum atomic E-state index is 5.34. The average molecular weight is 230 g/mol. The van der Waals surface area contributed by atoms with Crippen molar-refractivity contribution < 1.29 is 4.74 Å². The molecule has 0 saturated heterocycles. The number of H-pyrrole nitrogens is 1. The number of methoxy groups -OCH3 is 1. The Morgan fingerprint density at radius 3 is 2.88 bits per heavy atom. The second-order valence-corrected chi connectivity index (χ2v) is 4.74. The fourth-order valence-electron chi connectivity index (χ4n) is 2.67. The highest BCUT2D eigenvalue weighted by atomic mass is 16.5. The largest absolute Gasteiger partial charge is 0.497 e. The number of fused-ring (bicyclic) bond motifs is 1. The quantitative estimate of drug-likeness (QED) is 0.846. The maximum Gasteiger partial charge on any atom is 0.121 e. The fourth-order valence-corrected chi connectivity index (χ4v) is 2.67. The van der Waals surface area contributed by atoms with Crippen molar-refractivity contribution in [1.82, 2.24) is 4.98 Å². The minimum absolute atomic E-state index is 0.619. The Balaban J connectivity index is 1.97. The molecule has 2 aromatic rings. The highest BCUT2D eigenvalue weighted by molar-refractivity contribution is 5.92. The molecule has 3 heteroatoms. The summed E-state index contributed by atoms with van der Waals surface area (Å²) in [5.74, 6) is 0.914. The molecule has 0 spiro atoms. The molecule has 90 valence electrons. The first-order valence-electron chi connectivity index (χ1n) is 6.28. The van der Waals surface area contributed by atoms with E-state index in [-0.39, 0.29) is 0 Å². The van der Waals surface area contributed by atoms with Crippen LogP contribution in [0.25, 0.3) is 10.9 Å². The second-order valence-electron chi connectivity index (χ2n) is 4.74. The third-order valence-corrected chi connectivity index (χ3v) is 3.58. The van der Waals surface area contributed by atoms with Crippen LogP contribution in [-0.4, -0.2) is 18.1 Å². The molecule has 3 nitrogen and oxygen atoms in total. The molecule has 0 atom stereocenters. The van der Waals surface area contributed by atoms with Crippen LogP contribution in [0.5, 0.6) is 5.75 Å². The molecule has 0 amide bonds. The van der Waals surface area contributed by atoms with E-state index < -0.39 is 0 Å². The molecule has 1 fully saturated rings. The smallest absolute Gasteiger partial charge is 0.121 e. The summed E-state index contributed by atoms with van der Waals surface area (Å²) in [5.41, 5.74) is 2.34. The van der Waals surface area contributed by atoms with E-state index in [1.165, 1.54) is 36.6 Å². The first-order chi connectivity index (χ1) is 8.36. The number of ether oxygens (including phenoxy) is 1. The van der Waals surface area contributed by atoms with E-state index in [0.29, 0.717) is 6.04 Å². The highest BCUT2D eigenvalue weighted by Crippen LogP contribution is 2.31. The molecule has 0 unspecified atom stereocenters. The molecule has 17 heavy (non-hydrogen) atoms. The SMILES string of the molecule is COc1cc(NC2CCCC2)c2[nH]ccc2c1. The predicted molar refractivity (Wildman–Crippen MR) is 70.7 cm³/mol. The summed E-state index contributed by atoms with van der Waals surface area (Å²) >= 11 is 0. The molecular formula is C14H18N2O. The summed E-state index contributed by atoms with van der Waals surface area (Å²) in [5, 5.41) is 4.83. The zero-order chi connectivity index (χ0) is 11.7. The number of hydrogen-bond donors (Lipinski definition) is 2. The third-order valence-electron chi connectivity index (χ3n) is 3.58. The molecule has 1 aliphatic rings. The summed E-state index contributed by atoms with van der Waals surface area (Å²) in [6.07, 6.45) is 7.22. The van der Waals surface area contributed by atoms with Crippen LogP contribution >= 0.6 is 0 Å². The van der Waals surface area contributed by atoms with Crippen LogP contribution in [0.2, 0.25) is 0 Å². The van der Waals surface area contributed by atoms with Gasteiger partial charge in [0, 0.05) is 23.7 Å². The molecule has 1 aliphatic carbocycles. The van der Waals surface area contributed by atoms with Crippen LogP contribution in [0.1, 0.15) is 25.7 Å². The van der Waals surface area contributed by atoms with Crippen LogP contribution in [0.3, 0.4) is 0 Å². The number of nitrogens with one attached hydrogen (secondary N) is 2. The fraction of sp³-hybridized carbons (Fsp3) is 0.429. The van der Waals surface area contributed by atoms with Crippen molar-refractivity contribution >= 4 is 16.6 Å². The van der Waals surface area contributed by atoms with E-state index >= 15 is 0 Å². The lowest BCUT2D eigenvalue weighted by Crippen LogP contribution is -2.14. The van der Waals surface area contributed by atoms with E-state index in [4.69, 9.17) is 4.74 Å². The van der Waals surface area contributed by atoms with Crippen LogP contribution < -0.4 is 10.1 Å². The van der Waals surface area contributed by atoms with Gasteiger partial charge in [-0.05, 0) is 25.0 Å². The second kappa shape index (κ2) is 4.32. The van der Waals surface area contributed by atoms with Gasteiger partial charge in [0.2, 0.25) is 0 Å². The Morgan fingerprint density at radius 2 is 2.12 bits per heavy atom. The Morgan fingerprint density at radius 1 is 1.29 bits per heavy atom. The zero-order valence-electron chi connectivity index (χ0n) is 10.1. The number of benzene rings is 1. The Kier molecular flexibility index (Phi) is 2.67. The van der Waals surface area contributed by atoms with Gasteiger partial charge in [-0.25, -0.2) is 0 Å². The molecule has 0 bridgehead atoms. The summed E-state index contributed by atoms with van der Waals surface area (Å²) in [6.45, 7) is 0. The van der Waals surface area contributed by atoms with Gasteiger partial charge in [-0.3, -0.25) is 0 Å². The number of aromatic amines is 1. The summed E-state index contributed by atoms with van der Waals surface area (Å²) < 4.78 is 5.34. The van der Waals surface area contributed by atoms with Gasteiger partial charge in [-0.1, -0.05) is 12.8 Å². The van der Waals surface area contributed by atoms with Crippen molar-refractivity contribution in [1.29, 1.82) is 0 Å². The van der Waals surface area contributed by atoms with Gasteiger partial charge in [-0.15, -0.1) is 0 Å². The summed E-state index contributed by atoms with van der Waals surface area (Å²) in [7, 11) is 1.72. The van der Waals surface area contributed by atoms with Crippen molar-refractivity contribution in [2.24, 2.45) is 0 Å². The van der Waals surface area contributed by atoms with Gasteiger partial charge in [0.1, 0.15) is 5.75 Å². The number of hydrogen-bond acceptors (Lipinski definition) is 2. The van der Waals surface area contributed by atoms with Crippen molar-refractivity contribution in [3.63, 3.8) is 0 Å². The van der Waals surface area contributed by atoms with Crippen LogP contribution in [0.4, 0.5) is 5.69 Å². The van der Waals surface area contributed by atoms with Gasteiger partial charge in [0.25, 0.3) is 0 Å². The van der Waals surface area contributed by atoms with E-state index in [0.717, 1.165) is 11.4 Å². The molecule has 1 aromatic heterocycles. The van der Waals surface area contributed by atoms with Gasteiger partial charge in [0.05, 0.1) is 18.3 Å². The van der Waals surface area contributed by atoms with Gasteiger partial charge in [-0.2, -0.15) is 0 Å². The monoisotopic (exact) mass is 230 g/mol. The van der Waals surface area contributed by atoms with E-state index in [9.17, 15) is 0 Å². The molecule has 2 N–H and O–H groups in total. The summed E-state index contributed by atoms with van der Waals surface area (Å²) in [6, 6.07) is 6.84. The lowest BCUT2D eigenvalue weighted by Gasteiger charge is -2.15. The highest BCUT2D eigenvalue weighted by Gasteiger charge is 2.16. The lowest BCUT2D eigenvalue weighted by molar-refractivity contribution is 0.415. The van der Waals surface area contributed by atoms with E-state index in [1.807, 2.05) is 6.20 Å².